The van der Waals surface area contributed by atoms with Crippen molar-refractivity contribution < 1.29 is 0 Å². The smallest absolute Gasteiger partial charge is 0.162 e. The summed E-state index contributed by atoms with van der Waals surface area (Å²) in [6.45, 7) is 0.930. The molecule has 2 heterocycles. The van der Waals surface area contributed by atoms with Crippen LogP contribution < -0.4 is 0 Å². The van der Waals surface area contributed by atoms with Gasteiger partial charge >= 0.3 is 0 Å². The van der Waals surface area contributed by atoms with E-state index in [2.05, 4.69) is 30.2 Å². The van der Waals surface area contributed by atoms with E-state index in [-0.39, 0.29) is 0 Å². The molecule has 1 aliphatic heterocycles. The molecule has 1 aliphatic rings. The van der Waals surface area contributed by atoms with Crippen LogP contribution in [0, 0.1) is 11.3 Å². The zero-order chi connectivity index (χ0) is 9.42. The second-order valence-electron chi connectivity index (χ2n) is 3.56. The number of aromatic nitrogens is 2. The molecular formula is C9H12N4. The highest BCUT2D eigenvalue weighted by Crippen LogP contribution is 2.29. The molecule has 68 valence electrons. The third kappa shape index (κ3) is 1.21. The van der Waals surface area contributed by atoms with E-state index in [0.717, 1.165) is 13.0 Å². The maximum absolute atomic E-state index is 8.68. The Bertz CT molecular complexity index is 358. The molecule has 4 nitrogen and oxygen atoms in total. The van der Waals surface area contributed by atoms with Crippen LogP contribution in [0.25, 0.3) is 0 Å². The lowest BCUT2D eigenvalue weighted by Gasteiger charge is -2.17. The molecule has 0 aliphatic carbocycles. The number of rotatable bonds is 1. The van der Waals surface area contributed by atoms with Gasteiger partial charge in [-0.25, -0.2) is 0 Å². The van der Waals surface area contributed by atoms with Gasteiger partial charge in [0.05, 0.1) is 11.7 Å². The van der Waals surface area contributed by atoms with Gasteiger partial charge in [0, 0.05) is 6.54 Å². The Kier molecular flexibility index (Phi) is 1.82. The lowest BCUT2D eigenvalue weighted by atomic mass is 10.1. The molecule has 0 fully saturated rings. The molecule has 0 bridgehead atoms. The van der Waals surface area contributed by atoms with E-state index < -0.39 is 0 Å². The summed E-state index contributed by atoms with van der Waals surface area (Å²) in [5.74, 6) is 0. The molecule has 4 heteroatoms. The van der Waals surface area contributed by atoms with E-state index in [1.54, 1.807) is 0 Å². The molecule has 1 unspecified atom stereocenters. The number of aryl methyl sites for hydroxylation is 1. The van der Waals surface area contributed by atoms with Crippen molar-refractivity contribution in [1.29, 1.82) is 5.26 Å². The first kappa shape index (κ1) is 8.27. The molecule has 1 atom stereocenters. The van der Waals surface area contributed by atoms with Crippen molar-refractivity contribution in [3.8, 4) is 6.07 Å². The van der Waals surface area contributed by atoms with Gasteiger partial charge < -0.3 is 4.90 Å². The van der Waals surface area contributed by atoms with E-state index in [1.807, 2.05) is 10.7 Å². The summed E-state index contributed by atoms with van der Waals surface area (Å²) < 4.78 is 1.93. The van der Waals surface area contributed by atoms with E-state index in [1.165, 1.54) is 5.69 Å². The average Bonchev–Trinajstić information content (AvgIpc) is 2.59. The summed E-state index contributed by atoms with van der Waals surface area (Å²) in [5, 5.41) is 12.9. The highest BCUT2D eigenvalue weighted by atomic mass is 15.3. The number of nitrogens with zero attached hydrogens (tertiary/aromatic N) is 4. The first-order valence-electron chi connectivity index (χ1n) is 4.36. The Hall–Kier alpha value is -1.34. The van der Waals surface area contributed by atoms with Gasteiger partial charge in [0.1, 0.15) is 6.07 Å². The lowest BCUT2D eigenvalue weighted by Crippen LogP contribution is -2.17. The molecule has 0 N–H and O–H groups in total. The summed E-state index contributed by atoms with van der Waals surface area (Å²) in [7, 11) is 4.11. The molecule has 0 amide bonds. The molecule has 2 rings (SSSR count). The normalized spacial score (nSPS) is 20.3. The molecule has 1 aromatic heterocycles. The Morgan fingerprint density at radius 1 is 1.69 bits per heavy atom. The van der Waals surface area contributed by atoms with Crippen molar-refractivity contribution in [3.05, 3.63) is 17.5 Å². The fourth-order valence-corrected chi connectivity index (χ4v) is 1.85. The summed E-state index contributed by atoms with van der Waals surface area (Å²) in [6.07, 6.45) is 1.10. The van der Waals surface area contributed by atoms with Gasteiger partial charge in [0.15, 0.2) is 5.69 Å². The first-order valence-corrected chi connectivity index (χ1v) is 4.36. The Balaban J connectivity index is 2.37. The monoisotopic (exact) mass is 176 g/mol. The third-order valence-electron chi connectivity index (χ3n) is 2.50. The fraction of sp³-hybridized carbons (Fsp3) is 0.556. The van der Waals surface area contributed by atoms with Gasteiger partial charge in [0.25, 0.3) is 0 Å². The molecule has 0 radical (unpaired) electrons. The molecule has 0 saturated heterocycles. The van der Waals surface area contributed by atoms with Crippen LogP contribution in [0.15, 0.2) is 6.07 Å². The predicted octanol–water partition coefficient (Wildman–Crippen LogP) is 0.761. The number of fused-ring (bicyclic) bond motifs is 1. The maximum Gasteiger partial charge on any atom is 0.162 e. The molecular weight excluding hydrogens is 164 g/mol. The molecule has 0 aromatic carbocycles. The van der Waals surface area contributed by atoms with Gasteiger partial charge in [0.2, 0.25) is 0 Å². The minimum absolute atomic E-state index is 0.426. The standard InChI is InChI=1S/C9H12N4/c1-12(2)8-3-4-13-9(8)5-7(6-10)11-13/h5,8H,3-4H2,1-2H3. The Labute approximate surface area is 77.4 Å². The van der Waals surface area contributed by atoms with Crippen LogP contribution >= 0.6 is 0 Å². The van der Waals surface area contributed by atoms with Gasteiger partial charge in [-0.3, -0.25) is 4.68 Å². The molecule has 0 saturated carbocycles. The fourth-order valence-electron chi connectivity index (χ4n) is 1.85. The van der Waals surface area contributed by atoms with Crippen molar-refractivity contribution in [2.24, 2.45) is 0 Å². The van der Waals surface area contributed by atoms with Gasteiger partial charge in [-0.2, -0.15) is 10.4 Å². The minimum Gasteiger partial charge on any atom is -0.301 e. The first-order chi connectivity index (χ1) is 6.22. The van der Waals surface area contributed by atoms with Crippen molar-refractivity contribution in [2.75, 3.05) is 14.1 Å². The number of nitriles is 1. The highest BCUT2D eigenvalue weighted by Gasteiger charge is 2.25. The average molecular weight is 176 g/mol. The van der Waals surface area contributed by atoms with Crippen LogP contribution in [-0.4, -0.2) is 28.8 Å². The summed E-state index contributed by atoms with van der Waals surface area (Å²) in [5.41, 5.74) is 1.70. The van der Waals surface area contributed by atoms with Crippen molar-refractivity contribution in [1.82, 2.24) is 14.7 Å². The van der Waals surface area contributed by atoms with Crippen LogP contribution in [0.1, 0.15) is 23.9 Å². The van der Waals surface area contributed by atoms with E-state index in [0.29, 0.717) is 11.7 Å². The van der Waals surface area contributed by atoms with E-state index >= 15 is 0 Å². The second kappa shape index (κ2) is 2.86. The second-order valence-corrected chi connectivity index (χ2v) is 3.56. The van der Waals surface area contributed by atoms with Gasteiger partial charge in [-0.15, -0.1) is 0 Å². The van der Waals surface area contributed by atoms with E-state index in [9.17, 15) is 0 Å². The van der Waals surface area contributed by atoms with Crippen LogP contribution in [-0.2, 0) is 6.54 Å². The summed E-state index contributed by atoms with van der Waals surface area (Å²) >= 11 is 0. The van der Waals surface area contributed by atoms with Gasteiger partial charge in [-0.1, -0.05) is 0 Å². The summed E-state index contributed by atoms with van der Waals surface area (Å²) in [6, 6.07) is 4.38. The molecule has 13 heavy (non-hydrogen) atoms. The largest absolute Gasteiger partial charge is 0.301 e. The molecule has 0 spiro atoms. The zero-order valence-electron chi connectivity index (χ0n) is 7.86. The highest BCUT2D eigenvalue weighted by molar-refractivity contribution is 5.26. The van der Waals surface area contributed by atoms with Gasteiger partial charge in [-0.05, 0) is 26.6 Å². The van der Waals surface area contributed by atoms with Crippen molar-refractivity contribution in [2.45, 2.75) is 19.0 Å². The topological polar surface area (TPSA) is 44.9 Å². The predicted molar refractivity (Wildman–Crippen MR) is 48.0 cm³/mol. The zero-order valence-corrected chi connectivity index (χ0v) is 7.86. The maximum atomic E-state index is 8.68. The van der Waals surface area contributed by atoms with E-state index in [4.69, 9.17) is 5.26 Å². The number of hydrogen-bond acceptors (Lipinski definition) is 3. The van der Waals surface area contributed by atoms with Crippen LogP contribution in [0.4, 0.5) is 0 Å². The SMILES string of the molecule is CN(C)C1CCn2nc(C#N)cc21. The third-order valence-corrected chi connectivity index (χ3v) is 2.50. The molecule has 1 aromatic rings. The van der Waals surface area contributed by atoms with Crippen molar-refractivity contribution >= 4 is 0 Å². The summed E-state index contributed by atoms with van der Waals surface area (Å²) in [4.78, 5) is 2.17. The van der Waals surface area contributed by atoms with Crippen LogP contribution in [0.2, 0.25) is 0 Å². The Morgan fingerprint density at radius 3 is 3.08 bits per heavy atom. The Morgan fingerprint density at radius 2 is 2.46 bits per heavy atom. The quantitative estimate of drug-likeness (QED) is 0.634. The lowest BCUT2D eigenvalue weighted by molar-refractivity contribution is 0.299. The number of hydrogen-bond donors (Lipinski definition) is 0. The van der Waals surface area contributed by atoms with Crippen LogP contribution in [0.3, 0.4) is 0 Å². The van der Waals surface area contributed by atoms with Crippen LogP contribution in [0.5, 0.6) is 0 Å². The van der Waals surface area contributed by atoms with Crippen molar-refractivity contribution in [3.63, 3.8) is 0 Å². The minimum atomic E-state index is 0.426.